The molecular formula is C23H25ClN4O7S2. The second-order valence-corrected chi connectivity index (χ2v) is 11.5. The molecule has 0 unspecified atom stereocenters. The number of para-hydroxylation sites is 1. The monoisotopic (exact) mass is 568 g/mol. The largest absolute Gasteiger partial charge is 0.496 e. The lowest BCUT2D eigenvalue weighted by atomic mass is 10.0. The Bertz CT molecular complexity index is 1380. The van der Waals surface area contributed by atoms with Gasteiger partial charge in [-0.3, -0.25) is 9.35 Å². The van der Waals surface area contributed by atoms with E-state index in [0.717, 1.165) is 11.3 Å². The molecule has 0 aliphatic heterocycles. The molecular weight excluding hydrogens is 544 g/mol. The SMILES string of the molecule is COc1ccccc1[C@H](O)c1cc(C(=O)c2cncnc2N[C@@H]2C[C@H](CNS(=O)(=O)O)[C@@H](O)C2)sc1Cl. The third kappa shape index (κ3) is 6.44. The van der Waals surface area contributed by atoms with Crippen LogP contribution in [0.15, 0.2) is 42.9 Å². The van der Waals surface area contributed by atoms with E-state index in [-0.39, 0.29) is 39.6 Å². The van der Waals surface area contributed by atoms with Gasteiger partial charge in [-0.25, -0.2) is 9.97 Å². The van der Waals surface area contributed by atoms with Gasteiger partial charge in [-0.05, 0) is 25.0 Å². The van der Waals surface area contributed by atoms with E-state index >= 15 is 0 Å². The fourth-order valence-corrected chi connectivity index (χ4v) is 6.03. The van der Waals surface area contributed by atoms with Crippen LogP contribution in [0.1, 0.15) is 45.3 Å². The predicted molar refractivity (Wildman–Crippen MR) is 138 cm³/mol. The van der Waals surface area contributed by atoms with Gasteiger partial charge in [0, 0.05) is 35.8 Å². The highest BCUT2D eigenvalue weighted by molar-refractivity contribution is 7.83. The molecule has 3 aromatic rings. The van der Waals surface area contributed by atoms with Crippen molar-refractivity contribution in [3.63, 3.8) is 0 Å². The van der Waals surface area contributed by atoms with Gasteiger partial charge in [-0.2, -0.15) is 13.1 Å². The summed E-state index contributed by atoms with van der Waals surface area (Å²) >= 11 is 7.43. The molecule has 1 aliphatic carbocycles. The Hall–Kier alpha value is -2.65. The smallest absolute Gasteiger partial charge is 0.333 e. The van der Waals surface area contributed by atoms with Gasteiger partial charge >= 0.3 is 10.3 Å². The zero-order valence-corrected chi connectivity index (χ0v) is 21.9. The van der Waals surface area contributed by atoms with Gasteiger partial charge < -0.3 is 20.3 Å². The van der Waals surface area contributed by atoms with Crippen molar-refractivity contribution in [3.8, 4) is 5.75 Å². The number of aliphatic hydroxyl groups is 2. The molecule has 1 fully saturated rings. The maximum atomic E-state index is 13.4. The van der Waals surface area contributed by atoms with Gasteiger partial charge in [0.05, 0.1) is 28.0 Å². The number of anilines is 1. The maximum absolute atomic E-state index is 13.4. The van der Waals surface area contributed by atoms with E-state index < -0.39 is 34.2 Å². The third-order valence-corrected chi connectivity index (χ3v) is 8.07. The van der Waals surface area contributed by atoms with Crippen LogP contribution < -0.4 is 14.8 Å². The Morgan fingerprint density at radius 2 is 2.05 bits per heavy atom. The van der Waals surface area contributed by atoms with E-state index in [0.29, 0.717) is 23.3 Å². The van der Waals surface area contributed by atoms with E-state index in [2.05, 4.69) is 15.3 Å². The molecule has 2 heterocycles. The summed E-state index contributed by atoms with van der Waals surface area (Å²) in [4.78, 5) is 21.8. The lowest BCUT2D eigenvalue weighted by Gasteiger charge is -2.15. The standard InChI is InChI=1S/C23H25ClN4O7S2/c1-35-18-5-3-2-4-14(18)20(30)15-8-19(36-22(15)24)21(31)16-10-25-11-26-23(16)28-13-6-12(17(29)7-13)9-27-37(32,33)34/h2-5,8,10-13,17,20,27,29-30H,6-7,9H2,1H3,(H,25,26,28)(H,32,33,34)/t12-,13-,17+,20+/m1/s1. The van der Waals surface area contributed by atoms with E-state index in [4.69, 9.17) is 20.9 Å². The first-order valence-electron chi connectivity index (χ1n) is 11.2. The van der Waals surface area contributed by atoms with Crippen LogP contribution in [-0.2, 0) is 10.3 Å². The maximum Gasteiger partial charge on any atom is 0.333 e. The number of benzene rings is 1. The second-order valence-electron chi connectivity index (χ2n) is 8.56. The molecule has 0 spiro atoms. The summed E-state index contributed by atoms with van der Waals surface area (Å²) in [5.74, 6) is -0.110. The van der Waals surface area contributed by atoms with Crippen LogP contribution in [0.2, 0.25) is 4.34 Å². The normalized spacial score (nSPS) is 20.5. The number of rotatable bonds is 10. The van der Waals surface area contributed by atoms with Crippen LogP contribution in [0, 0.1) is 5.92 Å². The first-order chi connectivity index (χ1) is 17.6. The van der Waals surface area contributed by atoms with E-state index in [1.165, 1.54) is 25.7 Å². The number of carbonyl (C=O) groups is 1. The summed E-state index contributed by atoms with van der Waals surface area (Å²) in [5.41, 5.74) is 1.04. The van der Waals surface area contributed by atoms with E-state index in [1.807, 2.05) is 4.72 Å². The number of ketones is 1. The highest BCUT2D eigenvalue weighted by atomic mass is 35.5. The van der Waals surface area contributed by atoms with Crippen LogP contribution in [0.3, 0.4) is 0 Å². The molecule has 1 saturated carbocycles. The summed E-state index contributed by atoms with van der Waals surface area (Å²) in [7, 11) is -2.87. The fraction of sp³-hybridized carbons (Fsp3) is 0.348. The second kappa shape index (κ2) is 11.4. The number of hydrogen-bond donors (Lipinski definition) is 5. The van der Waals surface area contributed by atoms with Gasteiger partial charge in [0.25, 0.3) is 0 Å². The van der Waals surface area contributed by atoms with Crippen LogP contribution in [-0.4, -0.2) is 64.7 Å². The number of halogens is 1. The van der Waals surface area contributed by atoms with Gasteiger partial charge in [0.1, 0.15) is 24.0 Å². The summed E-state index contributed by atoms with van der Waals surface area (Å²) in [6, 6.07) is 8.18. The molecule has 4 atom stereocenters. The highest BCUT2D eigenvalue weighted by Gasteiger charge is 2.34. The number of methoxy groups -OCH3 is 1. The number of hydrogen-bond acceptors (Lipinski definition) is 10. The van der Waals surface area contributed by atoms with Gasteiger partial charge in [0.15, 0.2) is 0 Å². The topological polar surface area (TPSA) is 171 Å². The minimum absolute atomic E-state index is 0.126. The Kier molecular flexibility index (Phi) is 8.43. The first-order valence-corrected chi connectivity index (χ1v) is 13.8. The van der Waals surface area contributed by atoms with Gasteiger partial charge in [0.2, 0.25) is 5.78 Å². The Morgan fingerprint density at radius 1 is 1.30 bits per heavy atom. The van der Waals surface area contributed by atoms with Crippen molar-refractivity contribution in [1.29, 1.82) is 0 Å². The highest BCUT2D eigenvalue weighted by Crippen LogP contribution is 2.39. The average Bonchev–Trinajstić information content (AvgIpc) is 3.43. The van der Waals surface area contributed by atoms with Crippen LogP contribution >= 0.6 is 22.9 Å². The number of nitrogens with one attached hydrogen (secondary N) is 2. The molecule has 2 aromatic heterocycles. The first kappa shape index (κ1) is 27.4. The minimum atomic E-state index is -4.37. The number of ether oxygens (including phenoxy) is 1. The summed E-state index contributed by atoms with van der Waals surface area (Å²) in [6.07, 6.45) is 1.38. The molecule has 0 saturated heterocycles. The average molecular weight is 569 g/mol. The molecule has 14 heteroatoms. The molecule has 37 heavy (non-hydrogen) atoms. The molecule has 0 radical (unpaired) electrons. The molecule has 0 amide bonds. The summed E-state index contributed by atoms with van der Waals surface area (Å²) < 4.78 is 38.4. The van der Waals surface area contributed by atoms with Crippen molar-refractivity contribution >= 4 is 44.8 Å². The van der Waals surface area contributed by atoms with Crippen LogP contribution in [0.25, 0.3) is 0 Å². The number of carbonyl (C=O) groups excluding carboxylic acids is 1. The number of aromatic nitrogens is 2. The Labute approximate surface area is 222 Å². The Morgan fingerprint density at radius 3 is 2.78 bits per heavy atom. The lowest BCUT2D eigenvalue weighted by molar-refractivity contribution is 0.104. The van der Waals surface area contributed by atoms with Gasteiger partial charge in [-0.15, -0.1) is 11.3 Å². The van der Waals surface area contributed by atoms with Gasteiger partial charge in [-0.1, -0.05) is 29.8 Å². The molecule has 0 bridgehead atoms. The third-order valence-electron chi connectivity index (χ3n) is 6.15. The number of aliphatic hydroxyl groups excluding tert-OH is 2. The molecule has 5 N–H and O–H groups in total. The molecule has 4 rings (SSSR count). The van der Waals surface area contributed by atoms with Crippen molar-refractivity contribution in [2.45, 2.75) is 31.1 Å². The molecule has 1 aromatic carbocycles. The Balaban J connectivity index is 1.52. The number of thiophene rings is 1. The number of nitrogens with zero attached hydrogens (tertiary/aromatic N) is 2. The van der Waals surface area contributed by atoms with E-state index in [9.17, 15) is 23.4 Å². The van der Waals surface area contributed by atoms with Crippen molar-refractivity contribution < 1.29 is 32.7 Å². The lowest BCUT2D eigenvalue weighted by Crippen LogP contribution is -2.32. The van der Waals surface area contributed by atoms with E-state index in [1.54, 1.807) is 24.3 Å². The fourth-order valence-electron chi connectivity index (χ4n) is 4.33. The molecule has 11 nitrogen and oxygen atoms in total. The molecule has 198 valence electrons. The summed E-state index contributed by atoms with van der Waals surface area (Å²) in [6.45, 7) is -0.126. The van der Waals surface area contributed by atoms with Crippen molar-refractivity contribution in [2.24, 2.45) is 5.92 Å². The zero-order valence-electron chi connectivity index (χ0n) is 19.5. The zero-order chi connectivity index (χ0) is 26.7. The van der Waals surface area contributed by atoms with Crippen molar-refractivity contribution in [1.82, 2.24) is 14.7 Å². The van der Waals surface area contributed by atoms with Crippen molar-refractivity contribution in [2.75, 3.05) is 19.0 Å². The van der Waals surface area contributed by atoms with Crippen LogP contribution in [0.5, 0.6) is 5.75 Å². The van der Waals surface area contributed by atoms with Crippen molar-refractivity contribution in [3.05, 3.63) is 68.8 Å². The molecule has 1 aliphatic rings. The van der Waals surface area contributed by atoms with Crippen LogP contribution in [0.4, 0.5) is 5.82 Å². The minimum Gasteiger partial charge on any atom is -0.496 e. The quantitative estimate of drug-likeness (QED) is 0.181. The predicted octanol–water partition coefficient (Wildman–Crippen LogP) is 2.46. The summed E-state index contributed by atoms with van der Waals surface area (Å²) in [5, 5.41) is 24.4.